The lowest BCUT2D eigenvalue weighted by Gasteiger charge is -2.03. The van der Waals surface area contributed by atoms with Crippen LogP contribution < -0.4 is 0 Å². The number of rotatable bonds is 1. The summed E-state index contributed by atoms with van der Waals surface area (Å²) in [6, 6.07) is 6.24. The van der Waals surface area contributed by atoms with Gasteiger partial charge in [-0.15, -0.1) is 12.3 Å². The summed E-state index contributed by atoms with van der Waals surface area (Å²) in [4.78, 5) is 0. The highest BCUT2D eigenvalue weighted by molar-refractivity contribution is 5.34. The highest BCUT2D eigenvalue weighted by Crippen LogP contribution is 2.12. The quantitative estimate of drug-likeness (QED) is 0.531. The van der Waals surface area contributed by atoms with Crippen molar-refractivity contribution in [2.75, 3.05) is 0 Å². The molecular weight excluding hydrogens is 132 g/mol. The molecule has 0 heterocycles. The van der Waals surface area contributed by atoms with Gasteiger partial charge in [-0.3, -0.25) is 0 Å². The van der Waals surface area contributed by atoms with Crippen molar-refractivity contribution < 1.29 is 0 Å². The van der Waals surface area contributed by atoms with E-state index in [2.05, 4.69) is 38.0 Å². The van der Waals surface area contributed by atoms with Crippen LogP contribution in [0.4, 0.5) is 0 Å². The predicted octanol–water partition coefficient (Wildman–Crippen LogP) is 2.48. The van der Waals surface area contributed by atoms with Gasteiger partial charge in [0.25, 0.3) is 0 Å². The summed E-state index contributed by atoms with van der Waals surface area (Å²) in [5.41, 5.74) is 3.91. The maximum absolute atomic E-state index is 5.23. The number of aryl methyl sites for hydroxylation is 1. The fraction of sp³-hybridized carbons (Fsp3) is 0.273. The molecule has 1 aromatic carbocycles. The topological polar surface area (TPSA) is 0 Å². The fourth-order valence-corrected chi connectivity index (χ4v) is 1.11. The van der Waals surface area contributed by atoms with E-state index in [1.807, 2.05) is 0 Å². The molecular formula is C11H12. The molecule has 0 aliphatic rings. The van der Waals surface area contributed by atoms with Gasteiger partial charge in [0.05, 0.1) is 0 Å². The van der Waals surface area contributed by atoms with E-state index < -0.39 is 0 Å². The highest BCUT2D eigenvalue weighted by Gasteiger charge is 1.96. The lowest BCUT2D eigenvalue weighted by Crippen LogP contribution is -1.89. The van der Waals surface area contributed by atoms with Gasteiger partial charge < -0.3 is 0 Å². The second-order valence-corrected chi connectivity index (χ2v) is 2.74. The molecule has 0 bridgehead atoms. The number of hydrogen-bond donors (Lipinski definition) is 0. The third kappa shape index (κ3) is 1.62. The van der Waals surface area contributed by atoms with E-state index in [1.165, 1.54) is 16.7 Å². The summed E-state index contributed by atoms with van der Waals surface area (Å²) in [6.07, 6.45) is 5.97. The van der Waals surface area contributed by atoms with Gasteiger partial charge in [0, 0.05) is 6.42 Å². The van der Waals surface area contributed by atoms with Gasteiger partial charge in [0.1, 0.15) is 0 Å². The molecule has 0 aromatic heterocycles. The van der Waals surface area contributed by atoms with Gasteiger partial charge in [0.2, 0.25) is 0 Å². The molecule has 0 saturated carbocycles. The van der Waals surface area contributed by atoms with Crippen molar-refractivity contribution >= 4 is 0 Å². The summed E-state index contributed by atoms with van der Waals surface area (Å²) in [5.74, 6) is 2.65. The van der Waals surface area contributed by atoms with E-state index in [0.29, 0.717) is 0 Å². The Morgan fingerprint density at radius 2 is 2.09 bits per heavy atom. The van der Waals surface area contributed by atoms with E-state index >= 15 is 0 Å². The summed E-state index contributed by atoms with van der Waals surface area (Å²) in [7, 11) is 0. The first-order valence-electron chi connectivity index (χ1n) is 3.74. The molecule has 0 radical (unpaired) electrons. The first-order valence-corrected chi connectivity index (χ1v) is 3.74. The van der Waals surface area contributed by atoms with Crippen LogP contribution in [0.25, 0.3) is 0 Å². The third-order valence-electron chi connectivity index (χ3n) is 2.01. The second kappa shape index (κ2) is 3.25. The smallest absolute Gasteiger partial charge is 0.0340 e. The SMILES string of the molecule is C#CCc1cccc(C)c1C. The molecule has 0 fully saturated rings. The van der Waals surface area contributed by atoms with Crippen molar-refractivity contribution in [2.24, 2.45) is 0 Å². The predicted molar refractivity (Wildman–Crippen MR) is 48.5 cm³/mol. The maximum atomic E-state index is 5.23. The van der Waals surface area contributed by atoms with Crippen LogP contribution in [0.5, 0.6) is 0 Å². The Hall–Kier alpha value is -1.22. The van der Waals surface area contributed by atoms with Crippen molar-refractivity contribution in [2.45, 2.75) is 20.3 Å². The van der Waals surface area contributed by atoms with E-state index in [9.17, 15) is 0 Å². The number of terminal acetylenes is 1. The Kier molecular flexibility index (Phi) is 2.33. The summed E-state index contributed by atoms with van der Waals surface area (Å²) >= 11 is 0. The average molecular weight is 144 g/mol. The molecule has 0 spiro atoms. The Bertz CT molecular complexity index is 289. The minimum atomic E-state index is 0.744. The molecule has 0 aliphatic carbocycles. The number of benzene rings is 1. The van der Waals surface area contributed by atoms with Crippen LogP contribution in [0.15, 0.2) is 18.2 Å². The van der Waals surface area contributed by atoms with Crippen LogP contribution in [0.2, 0.25) is 0 Å². The molecule has 1 rings (SSSR count). The maximum Gasteiger partial charge on any atom is 0.0340 e. The minimum Gasteiger partial charge on any atom is -0.120 e. The van der Waals surface area contributed by atoms with Crippen LogP contribution in [0.1, 0.15) is 16.7 Å². The molecule has 1 aromatic rings. The Morgan fingerprint density at radius 3 is 2.73 bits per heavy atom. The lowest BCUT2D eigenvalue weighted by molar-refractivity contribution is 1.21. The zero-order valence-electron chi connectivity index (χ0n) is 7.02. The van der Waals surface area contributed by atoms with Crippen LogP contribution in [-0.4, -0.2) is 0 Å². The van der Waals surface area contributed by atoms with Crippen molar-refractivity contribution in [3.8, 4) is 12.3 Å². The average Bonchev–Trinajstić information content (AvgIpc) is 1.99. The summed E-state index contributed by atoms with van der Waals surface area (Å²) in [5, 5.41) is 0. The number of hydrogen-bond acceptors (Lipinski definition) is 0. The third-order valence-corrected chi connectivity index (χ3v) is 2.01. The van der Waals surface area contributed by atoms with Crippen molar-refractivity contribution in [3.05, 3.63) is 34.9 Å². The van der Waals surface area contributed by atoms with Crippen molar-refractivity contribution in [1.29, 1.82) is 0 Å². The second-order valence-electron chi connectivity index (χ2n) is 2.74. The molecule has 0 nitrogen and oxygen atoms in total. The largest absolute Gasteiger partial charge is 0.120 e. The molecule has 0 unspecified atom stereocenters. The molecule has 0 atom stereocenters. The molecule has 56 valence electrons. The Labute approximate surface area is 68.3 Å². The van der Waals surface area contributed by atoms with Crippen LogP contribution >= 0.6 is 0 Å². The van der Waals surface area contributed by atoms with Crippen LogP contribution in [0.3, 0.4) is 0 Å². The van der Waals surface area contributed by atoms with Gasteiger partial charge in [-0.2, -0.15) is 0 Å². The standard InChI is InChI=1S/C11H12/c1-4-6-11-8-5-7-9(2)10(11)3/h1,5,7-8H,6H2,2-3H3. The van der Waals surface area contributed by atoms with Gasteiger partial charge in [-0.1, -0.05) is 18.2 Å². The molecule has 0 N–H and O–H groups in total. The molecule has 11 heavy (non-hydrogen) atoms. The summed E-state index contributed by atoms with van der Waals surface area (Å²) in [6.45, 7) is 4.22. The van der Waals surface area contributed by atoms with Crippen LogP contribution in [0, 0.1) is 26.2 Å². The zero-order valence-corrected chi connectivity index (χ0v) is 7.02. The van der Waals surface area contributed by atoms with Crippen molar-refractivity contribution in [1.82, 2.24) is 0 Å². The molecule has 0 saturated heterocycles. The highest BCUT2D eigenvalue weighted by atomic mass is 14.0. The Morgan fingerprint density at radius 1 is 1.36 bits per heavy atom. The fourth-order valence-electron chi connectivity index (χ4n) is 1.11. The van der Waals surface area contributed by atoms with Gasteiger partial charge in [0.15, 0.2) is 0 Å². The molecule has 0 aliphatic heterocycles. The van der Waals surface area contributed by atoms with E-state index in [-0.39, 0.29) is 0 Å². The van der Waals surface area contributed by atoms with Gasteiger partial charge in [-0.05, 0) is 30.5 Å². The zero-order chi connectivity index (χ0) is 8.27. The molecule has 0 amide bonds. The first-order chi connectivity index (χ1) is 5.25. The summed E-state index contributed by atoms with van der Waals surface area (Å²) < 4.78 is 0. The van der Waals surface area contributed by atoms with Crippen LogP contribution in [-0.2, 0) is 6.42 Å². The van der Waals surface area contributed by atoms with Crippen molar-refractivity contribution in [3.63, 3.8) is 0 Å². The lowest BCUT2D eigenvalue weighted by atomic mass is 10.0. The first kappa shape index (κ1) is 7.88. The van der Waals surface area contributed by atoms with E-state index in [1.54, 1.807) is 0 Å². The minimum absolute atomic E-state index is 0.744. The van der Waals surface area contributed by atoms with Gasteiger partial charge in [-0.25, -0.2) is 0 Å². The van der Waals surface area contributed by atoms with E-state index in [0.717, 1.165) is 6.42 Å². The molecule has 0 heteroatoms. The van der Waals surface area contributed by atoms with Gasteiger partial charge >= 0.3 is 0 Å². The van der Waals surface area contributed by atoms with E-state index in [4.69, 9.17) is 6.42 Å². The monoisotopic (exact) mass is 144 g/mol. The normalized spacial score (nSPS) is 9.18. The Balaban J connectivity index is 3.08.